The van der Waals surface area contributed by atoms with Gasteiger partial charge in [-0.3, -0.25) is 9.59 Å². The van der Waals surface area contributed by atoms with Crippen molar-refractivity contribution in [2.75, 3.05) is 31.5 Å². The minimum atomic E-state index is -3.74. The van der Waals surface area contributed by atoms with Crippen LogP contribution in [0, 0.1) is 12.7 Å². The first-order valence-corrected chi connectivity index (χ1v) is 12.1. The third-order valence-corrected chi connectivity index (χ3v) is 7.64. The molecule has 0 saturated carbocycles. The van der Waals surface area contributed by atoms with Crippen LogP contribution >= 0.6 is 0 Å². The van der Waals surface area contributed by atoms with E-state index in [2.05, 4.69) is 10.3 Å². The maximum absolute atomic E-state index is 14.6. The number of sulfonamides is 1. The number of halogens is 1. The fourth-order valence-corrected chi connectivity index (χ4v) is 5.21. The van der Waals surface area contributed by atoms with Crippen molar-refractivity contribution in [3.63, 3.8) is 0 Å². The van der Waals surface area contributed by atoms with Gasteiger partial charge >= 0.3 is 0 Å². The van der Waals surface area contributed by atoms with Gasteiger partial charge in [0.25, 0.3) is 5.91 Å². The summed E-state index contributed by atoms with van der Waals surface area (Å²) in [5.41, 5.74) is 0.811. The first-order chi connectivity index (χ1) is 16.2. The Balaban J connectivity index is 1.44. The molecule has 0 radical (unpaired) electrons. The third kappa shape index (κ3) is 4.70. The Kier molecular flexibility index (Phi) is 6.49. The smallest absolute Gasteiger partial charge is 0.255 e. The number of benzene rings is 2. The second kappa shape index (κ2) is 9.35. The number of hydrogen-bond acceptors (Lipinski definition) is 5. The SMILES string of the molecule is CC(=O)N1CCN(S(=O)(=O)c2ccc(C(=O)Nc3ccc(-n4ccnc4C)c(F)c3)cc2)CC1. The van der Waals surface area contributed by atoms with E-state index in [0.29, 0.717) is 24.6 Å². The Hall–Kier alpha value is -3.57. The number of aryl methyl sites for hydroxylation is 1. The van der Waals surface area contributed by atoms with Gasteiger partial charge in [-0.15, -0.1) is 0 Å². The molecule has 11 heteroatoms. The van der Waals surface area contributed by atoms with E-state index >= 15 is 0 Å². The first-order valence-electron chi connectivity index (χ1n) is 10.6. The van der Waals surface area contributed by atoms with Crippen LogP contribution in [0.1, 0.15) is 23.1 Å². The maximum Gasteiger partial charge on any atom is 0.255 e. The van der Waals surface area contributed by atoms with Crippen molar-refractivity contribution in [3.8, 4) is 5.69 Å². The number of aromatic nitrogens is 2. The lowest BCUT2D eigenvalue weighted by molar-refractivity contribution is -0.129. The number of rotatable bonds is 5. The molecule has 1 fully saturated rings. The third-order valence-electron chi connectivity index (χ3n) is 5.73. The molecule has 1 saturated heterocycles. The Morgan fingerprint density at radius 3 is 2.26 bits per heavy atom. The maximum atomic E-state index is 14.6. The summed E-state index contributed by atoms with van der Waals surface area (Å²) in [4.78, 5) is 29.8. The van der Waals surface area contributed by atoms with Gasteiger partial charge in [-0.2, -0.15) is 4.31 Å². The van der Waals surface area contributed by atoms with Gasteiger partial charge in [-0.25, -0.2) is 17.8 Å². The monoisotopic (exact) mass is 485 g/mol. The fourth-order valence-electron chi connectivity index (χ4n) is 3.79. The van der Waals surface area contributed by atoms with E-state index in [1.54, 1.807) is 40.9 Å². The zero-order valence-electron chi connectivity index (χ0n) is 18.7. The lowest BCUT2D eigenvalue weighted by atomic mass is 10.2. The van der Waals surface area contributed by atoms with Crippen LogP contribution in [0.4, 0.5) is 10.1 Å². The van der Waals surface area contributed by atoms with Crippen molar-refractivity contribution in [3.05, 3.63) is 72.1 Å². The number of imidazole rings is 1. The molecule has 1 aliphatic rings. The zero-order chi connectivity index (χ0) is 24.5. The first kappa shape index (κ1) is 23.6. The van der Waals surface area contributed by atoms with E-state index in [4.69, 9.17) is 0 Å². The summed E-state index contributed by atoms with van der Waals surface area (Å²) in [7, 11) is -3.74. The van der Waals surface area contributed by atoms with Crippen molar-refractivity contribution >= 4 is 27.5 Å². The molecule has 2 aromatic carbocycles. The van der Waals surface area contributed by atoms with Gasteiger partial charge in [0.05, 0.1) is 10.6 Å². The largest absolute Gasteiger partial charge is 0.340 e. The average molecular weight is 486 g/mol. The van der Waals surface area contributed by atoms with Gasteiger partial charge in [-0.1, -0.05) is 0 Å². The van der Waals surface area contributed by atoms with E-state index in [0.717, 1.165) is 0 Å². The number of amides is 2. The lowest BCUT2D eigenvalue weighted by Gasteiger charge is -2.33. The van der Waals surface area contributed by atoms with Crippen molar-refractivity contribution in [1.82, 2.24) is 18.8 Å². The number of carbonyl (C=O) groups is 2. The molecule has 34 heavy (non-hydrogen) atoms. The van der Waals surface area contributed by atoms with Crippen LogP contribution in [0.5, 0.6) is 0 Å². The Bertz CT molecular complexity index is 1330. The van der Waals surface area contributed by atoms with Crippen LogP contribution in [0.3, 0.4) is 0 Å². The van der Waals surface area contributed by atoms with Gasteiger partial charge in [0.1, 0.15) is 11.6 Å². The quantitative estimate of drug-likeness (QED) is 0.598. The summed E-state index contributed by atoms with van der Waals surface area (Å²) in [6.07, 6.45) is 3.21. The molecular formula is C23H24FN5O4S. The molecule has 4 rings (SSSR count). The highest BCUT2D eigenvalue weighted by atomic mass is 32.2. The average Bonchev–Trinajstić information content (AvgIpc) is 3.24. The molecule has 1 aromatic heterocycles. The molecule has 0 bridgehead atoms. The van der Waals surface area contributed by atoms with Crippen molar-refractivity contribution in [1.29, 1.82) is 0 Å². The van der Waals surface area contributed by atoms with E-state index in [1.807, 2.05) is 0 Å². The van der Waals surface area contributed by atoms with Gasteiger partial charge in [-0.05, 0) is 49.4 Å². The molecule has 0 spiro atoms. The molecule has 3 aromatic rings. The Morgan fingerprint density at radius 2 is 1.71 bits per heavy atom. The second-order valence-corrected chi connectivity index (χ2v) is 9.84. The number of piperazine rings is 1. The fraction of sp³-hybridized carbons (Fsp3) is 0.261. The van der Waals surface area contributed by atoms with Gasteiger partial charge in [0.15, 0.2) is 0 Å². The number of hydrogen-bond donors (Lipinski definition) is 1. The van der Waals surface area contributed by atoms with Crippen molar-refractivity contribution < 1.29 is 22.4 Å². The molecule has 9 nitrogen and oxygen atoms in total. The highest BCUT2D eigenvalue weighted by Gasteiger charge is 2.29. The summed E-state index contributed by atoms with van der Waals surface area (Å²) in [5, 5.41) is 2.62. The van der Waals surface area contributed by atoms with Crippen LogP contribution in [0.2, 0.25) is 0 Å². The van der Waals surface area contributed by atoms with Crippen LogP contribution < -0.4 is 5.32 Å². The normalized spacial score (nSPS) is 14.7. The zero-order valence-corrected chi connectivity index (χ0v) is 19.5. The van der Waals surface area contributed by atoms with Crippen LogP contribution in [0.15, 0.2) is 59.8 Å². The minimum absolute atomic E-state index is 0.0615. The molecule has 178 valence electrons. The Morgan fingerprint density at radius 1 is 1.03 bits per heavy atom. The molecule has 0 aliphatic carbocycles. The highest BCUT2D eigenvalue weighted by molar-refractivity contribution is 7.89. The molecule has 0 unspecified atom stereocenters. The molecule has 0 atom stereocenters. The number of anilines is 1. The van der Waals surface area contributed by atoms with Gasteiger partial charge in [0.2, 0.25) is 15.9 Å². The topological polar surface area (TPSA) is 105 Å². The molecular weight excluding hydrogens is 461 g/mol. The summed E-state index contributed by atoms with van der Waals surface area (Å²) in [6, 6.07) is 9.89. The summed E-state index contributed by atoms with van der Waals surface area (Å²) in [6.45, 7) is 4.31. The van der Waals surface area contributed by atoms with Gasteiger partial charge in [0, 0.05) is 56.7 Å². The van der Waals surface area contributed by atoms with Crippen LogP contribution in [-0.4, -0.2) is 65.2 Å². The van der Waals surface area contributed by atoms with Crippen LogP contribution in [-0.2, 0) is 14.8 Å². The molecule has 1 aliphatic heterocycles. The lowest BCUT2D eigenvalue weighted by Crippen LogP contribution is -2.49. The van der Waals surface area contributed by atoms with E-state index in [-0.39, 0.29) is 35.1 Å². The van der Waals surface area contributed by atoms with Crippen molar-refractivity contribution in [2.24, 2.45) is 0 Å². The van der Waals surface area contributed by atoms with E-state index in [9.17, 15) is 22.4 Å². The number of nitrogens with one attached hydrogen (secondary N) is 1. The second-order valence-electron chi connectivity index (χ2n) is 7.90. The number of nitrogens with zero attached hydrogens (tertiary/aromatic N) is 4. The summed E-state index contributed by atoms with van der Waals surface area (Å²) >= 11 is 0. The predicted molar refractivity (Wildman–Crippen MR) is 124 cm³/mol. The van der Waals surface area contributed by atoms with Gasteiger partial charge < -0.3 is 14.8 Å². The molecule has 2 heterocycles. The highest BCUT2D eigenvalue weighted by Crippen LogP contribution is 2.21. The van der Waals surface area contributed by atoms with E-state index < -0.39 is 21.7 Å². The summed E-state index contributed by atoms with van der Waals surface area (Å²) in [5.74, 6) is -0.472. The van der Waals surface area contributed by atoms with E-state index in [1.165, 1.54) is 41.6 Å². The standard InChI is InChI=1S/C23H24FN5O4S/c1-16-25-9-10-29(16)22-8-5-19(15-21(22)24)26-23(31)18-3-6-20(7-4-18)34(32,33)28-13-11-27(12-14-28)17(2)30/h3-10,15H,11-14H2,1-2H3,(H,26,31). The Labute approximate surface area is 196 Å². The molecule has 2 amide bonds. The number of carbonyl (C=O) groups excluding carboxylic acids is 2. The predicted octanol–water partition coefficient (Wildman–Crippen LogP) is 2.42. The minimum Gasteiger partial charge on any atom is -0.340 e. The summed E-state index contributed by atoms with van der Waals surface area (Å²) < 4.78 is 43.3. The van der Waals surface area contributed by atoms with Crippen molar-refractivity contribution in [2.45, 2.75) is 18.7 Å². The van der Waals surface area contributed by atoms with Crippen LogP contribution in [0.25, 0.3) is 5.69 Å². The molecule has 1 N–H and O–H groups in total.